The van der Waals surface area contributed by atoms with E-state index in [0.717, 1.165) is 5.56 Å². The van der Waals surface area contributed by atoms with Gasteiger partial charge in [-0.25, -0.2) is 0 Å². The Balaban J connectivity index is 0.00000208. The molecule has 0 bridgehead atoms. The van der Waals surface area contributed by atoms with Gasteiger partial charge in [-0.15, -0.1) is 12.4 Å². The van der Waals surface area contributed by atoms with E-state index in [1.165, 1.54) is 0 Å². The monoisotopic (exact) mass is 352 g/mol. The Labute approximate surface area is 146 Å². The third-order valence-corrected chi connectivity index (χ3v) is 3.67. The standard InChI is InChI=1S/C16H20N4O3.ClH/c1-11(18-16(21)13-10-22-8-7-17-13)15-19-14(23-20-15)9-12-5-3-2-4-6-12;/h2-6,11,13,17H,7-10H2,1H3,(H,18,21);1H. The van der Waals surface area contributed by atoms with E-state index >= 15 is 0 Å². The SMILES string of the molecule is CC(NC(=O)C1COCCN1)c1noc(Cc2ccccc2)n1.Cl. The second kappa shape index (κ2) is 8.77. The predicted octanol–water partition coefficient (Wildman–Crippen LogP) is 1.25. The average Bonchev–Trinajstić information content (AvgIpc) is 3.05. The van der Waals surface area contributed by atoms with Crippen LogP contribution in [0.5, 0.6) is 0 Å². The van der Waals surface area contributed by atoms with E-state index in [0.29, 0.717) is 37.9 Å². The lowest BCUT2D eigenvalue weighted by atomic mass is 10.1. The molecule has 130 valence electrons. The molecule has 0 radical (unpaired) electrons. The van der Waals surface area contributed by atoms with Crippen LogP contribution in [-0.4, -0.2) is 41.8 Å². The summed E-state index contributed by atoms with van der Waals surface area (Å²) in [6.07, 6.45) is 0.576. The van der Waals surface area contributed by atoms with Gasteiger partial charge in [0.1, 0.15) is 6.04 Å². The lowest BCUT2D eigenvalue weighted by Crippen LogP contribution is -2.51. The Bertz CT molecular complexity index is 644. The fourth-order valence-corrected chi connectivity index (χ4v) is 2.40. The molecular weight excluding hydrogens is 332 g/mol. The van der Waals surface area contributed by atoms with Crippen molar-refractivity contribution in [2.75, 3.05) is 19.8 Å². The summed E-state index contributed by atoms with van der Waals surface area (Å²) in [4.78, 5) is 16.5. The molecule has 2 atom stereocenters. The van der Waals surface area contributed by atoms with Crippen molar-refractivity contribution in [1.82, 2.24) is 20.8 Å². The van der Waals surface area contributed by atoms with Gasteiger partial charge in [-0.1, -0.05) is 35.5 Å². The number of rotatable bonds is 5. The second-order valence-electron chi connectivity index (χ2n) is 5.52. The van der Waals surface area contributed by atoms with Crippen LogP contribution >= 0.6 is 12.4 Å². The first-order valence-corrected chi connectivity index (χ1v) is 7.70. The minimum atomic E-state index is -0.332. The molecule has 0 saturated carbocycles. The smallest absolute Gasteiger partial charge is 0.240 e. The molecule has 1 aliphatic heterocycles. The summed E-state index contributed by atoms with van der Waals surface area (Å²) in [5, 5.41) is 9.95. The molecule has 2 aromatic rings. The van der Waals surface area contributed by atoms with E-state index in [1.807, 2.05) is 37.3 Å². The molecule has 1 fully saturated rings. The maximum atomic E-state index is 12.1. The highest BCUT2D eigenvalue weighted by atomic mass is 35.5. The lowest BCUT2D eigenvalue weighted by Gasteiger charge is -2.23. The van der Waals surface area contributed by atoms with Gasteiger partial charge in [0.25, 0.3) is 0 Å². The van der Waals surface area contributed by atoms with Crippen molar-refractivity contribution < 1.29 is 14.1 Å². The summed E-state index contributed by atoms with van der Waals surface area (Å²) in [5.74, 6) is 0.888. The van der Waals surface area contributed by atoms with Crippen LogP contribution in [0.25, 0.3) is 0 Å². The third kappa shape index (κ3) is 4.77. The Hall–Kier alpha value is -1.96. The molecule has 2 N–H and O–H groups in total. The number of aromatic nitrogens is 2. The zero-order valence-electron chi connectivity index (χ0n) is 13.4. The van der Waals surface area contributed by atoms with Gasteiger partial charge in [-0.3, -0.25) is 4.79 Å². The molecule has 0 spiro atoms. The van der Waals surface area contributed by atoms with Crippen LogP contribution in [0.4, 0.5) is 0 Å². The quantitative estimate of drug-likeness (QED) is 0.841. The maximum Gasteiger partial charge on any atom is 0.240 e. The summed E-state index contributed by atoms with van der Waals surface area (Å²) in [6.45, 7) is 3.52. The number of hydrogen-bond donors (Lipinski definition) is 2. The number of nitrogens with one attached hydrogen (secondary N) is 2. The fraction of sp³-hybridized carbons (Fsp3) is 0.438. The molecule has 8 heteroatoms. The van der Waals surface area contributed by atoms with E-state index in [1.54, 1.807) is 0 Å². The van der Waals surface area contributed by atoms with Crippen molar-refractivity contribution in [2.45, 2.75) is 25.4 Å². The molecular formula is C16H21ClN4O3. The molecule has 3 rings (SSSR count). The lowest BCUT2D eigenvalue weighted by molar-refractivity contribution is -0.126. The number of carbonyl (C=O) groups excluding carboxylic acids is 1. The van der Waals surface area contributed by atoms with Gasteiger partial charge in [0.2, 0.25) is 11.8 Å². The van der Waals surface area contributed by atoms with Crippen molar-refractivity contribution >= 4 is 18.3 Å². The largest absolute Gasteiger partial charge is 0.378 e. The summed E-state index contributed by atoms with van der Waals surface area (Å²) in [7, 11) is 0. The van der Waals surface area contributed by atoms with Gasteiger partial charge < -0.3 is 19.9 Å². The molecule has 1 aromatic heterocycles. The van der Waals surface area contributed by atoms with Crippen LogP contribution in [0.1, 0.15) is 30.2 Å². The van der Waals surface area contributed by atoms with Crippen molar-refractivity contribution in [3.05, 3.63) is 47.6 Å². The summed E-state index contributed by atoms with van der Waals surface area (Å²) in [5.41, 5.74) is 1.10. The maximum absolute atomic E-state index is 12.1. The van der Waals surface area contributed by atoms with Gasteiger partial charge in [-0.05, 0) is 12.5 Å². The summed E-state index contributed by atoms with van der Waals surface area (Å²) >= 11 is 0. The molecule has 24 heavy (non-hydrogen) atoms. The molecule has 0 aliphatic carbocycles. The van der Waals surface area contributed by atoms with E-state index in [-0.39, 0.29) is 30.4 Å². The fourth-order valence-electron chi connectivity index (χ4n) is 2.40. The van der Waals surface area contributed by atoms with Gasteiger partial charge in [-0.2, -0.15) is 4.98 Å². The van der Waals surface area contributed by atoms with Crippen LogP contribution in [-0.2, 0) is 16.0 Å². The predicted molar refractivity (Wildman–Crippen MR) is 90.0 cm³/mol. The number of ether oxygens (including phenoxy) is 1. The molecule has 2 heterocycles. The number of nitrogens with zero attached hydrogens (tertiary/aromatic N) is 2. The zero-order chi connectivity index (χ0) is 16.1. The zero-order valence-corrected chi connectivity index (χ0v) is 14.2. The van der Waals surface area contributed by atoms with Gasteiger partial charge >= 0.3 is 0 Å². The van der Waals surface area contributed by atoms with E-state index in [2.05, 4.69) is 20.8 Å². The third-order valence-electron chi connectivity index (χ3n) is 3.67. The van der Waals surface area contributed by atoms with Crippen LogP contribution in [0.15, 0.2) is 34.9 Å². The number of hydrogen-bond acceptors (Lipinski definition) is 6. The highest BCUT2D eigenvalue weighted by molar-refractivity contribution is 5.85. The Morgan fingerprint density at radius 2 is 2.21 bits per heavy atom. The minimum absolute atomic E-state index is 0. The molecule has 1 amide bonds. The van der Waals surface area contributed by atoms with Gasteiger partial charge in [0.05, 0.1) is 25.7 Å². The normalized spacial score (nSPS) is 18.5. The van der Waals surface area contributed by atoms with E-state index < -0.39 is 0 Å². The first-order chi connectivity index (χ1) is 11.2. The number of morpholine rings is 1. The summed E-state index contributed by atoms with van der Waals surface area (Å²) in [6, 6.07) is 9.25. The highest BCUT2D eigenvalue weighted by Gasteiger charge is 2.24. The Morgan fingerprint density at radius 1 is 1.42 bits per heavy atom. The second-order valence-corrected chi connectivity index (χ2v) is 5.52. The summed E-state index contributed by atoms with van der Waals surface area (Å²) < 4.78 is 10.6. The molecule has 1 aliphatic rings. The first-order valence-electron chi connectivity index (χ1n) is 7.70. The van der Waals surface area contributed by atoms with E-state index in [4.69, 9.17) is 9.26 Å². The molecule has 2 unspecified atom stereocenters. The van der Waals surface area contributed by atoms with Crippen LogP contribution in [0, 0.1) is 0 Å². The Morgan fingerprint density at radius 3 is 2.92 bits per heavy atom. The number of halogens is 1. The average molecular weight is 353 g/mol. The van der Waals surface area contributed by atoms with Crippen molar-refractivity contribution in [1.29, 1.82) is 0 Å². The molecule has 7 nitrogen and oxygen atoms in total. The van der Waals surface area contributed by atoms with Gasteiger partial charge in [0.15, 0.2) is 5.82 Å². The van der Waals surface area contributed by atoms with Crippen molar-refractivity contribution in [3.63, 3.8) is 0 Å². The first kappa shape index (κ1) is 18.4. The van der Waals surface area contributed by atoms with Crippen LogP contribution in [0.3, 0.4) is 0 Å². The Kier molecular flexibility index (Phi) is 6.72. The topological polar surface area (TPSA) is 89.3 Å². The number of benzene rings is 1. The number of carbonyl (C=O) groups is 1. The molecule has 1 aromatic carbocycles. The molecule has 1 saturated heterocycles. The van der Waals surface area contributed by atoms with Crippen LogP contribution < -0.4 is 10.6 Å². The van der Waals surface area contributed by atoms with Crippen molar-refractivity contribution in [2.24, 2.45) is 0 Å². The van der Waals surface area contributed by atoms with Crippen LogP contribution in [0.2, 0.25) is 0 Å². The van der Waals surface area contributed by atoms with E-state index in [9.17, 15) is 4.79 Å². The number of amides is 1. The highest BCUT2D eigenvalue weighted by Crippen LogP contribution is 2.12. The minimum Gasteiger partial charge on any atom is -0.378 e. The van der Waals surface area contributed by atoms with Crippen molar-refractivity contribution in [3.8, 4) is 0 Å². The van der Waals surface area contributed by atoms with Gasteiger partial charge in [0, 0.05) is 6.54 Å².